The maximum absolute atomic E-state index is 13.7. The second-order valence-corrected chi connectivity index (χ2v) is 7.99. The van der Waals surface area contributed by atoms with E-state index in [0.717, 1.165) is 39.3 Å². The number of hydrogen-bond acceptors (Lipinski definition) is 7. The standard InChI is InChI=1S/C25H27FN4O5/c26-22-5-2-1-4-21(22)24(31)28-18-6-8-19(9-7-18)34-17-20-16-23(29-35-20)25(32)27-10-3-11-30-12-14-33-15-13-30/h1-2,4-9,16H,3,10-15,17H2,(H,27,32)(H,28,31). The molecule has 184 valence electrons. The summed E-state index contributed by atoms with van der Waals surface area (Å²) in [4.78, 5) is 26.8. The smallest absolute Gasteiger partial charge is 0.273 e. The summed E-state index contributed by atoms with van der Waals surface area (Å²) < 4.78 is 29.9. The van der Waals surface area contributed by atoms with Crippen molar-refractivity contribution in [3.05, 3.63) is 77.4 Å². The summed E-state index contributed by atoms with van der Waals surface area (Å²) in [6.45, 7) is 4.90. The normalized spacial score (nSPS) is 13.9. The molecule has 10 heteroatoms. The van der Waals surface area contributed by atoms with Gasteiger partial charge in [-0.05, 0) is 49.4 Å². The number of amides is 2. The Morgan fingerprint density at radius 1 is 1.06 bits per heavy atom. The minimum absolute atomic E-state index is 0.0323. The van der Waals surface area contributed by atoms with Crippen LogP contribution in [0.3, 0.4) is 0 Å². The molecule has 0 atom stereocenters. The van der Waals surface area contributed by atoms with E-state index in [1.165, 1.54) is 18.2 Å². The minimum Gasteiger partial charge on any atom is -0.486 e. The van der Waals surface area contributed by atoms with Crippen LogP contribution < -0.4 is 15.4 Å². The molecule has 2 heterocycles. The molecule has 1 fully saturated rings. The highest BCUT2D eigenvalue weighted by molar-refractivity contribution is 6.04. The molecule has 1 aliphatic rings. The Hall–Kier alpha value is -3.76. The van der Waals surface area contributed by atoms with Crippen LogP contribution in [0.5, 0.6) is 5.75 Å². The summed E-state index contributed by atoms with van der Waals surface area (Å²) in [6.07, 6.45) is 0.844. The van der Waals surface area contributed by atoms with Gasteiger partial charge in [0.15, 0.2) is 11.5 Å². The molecule has 0 radical (unpaired) electrons. The number of anilines is 1. The number of benzene rings is 2. The number of hydrogen-bond donors (Lipinski definition) is 2. The van der Waals surface area contributed by atoms with Gasteiger partial charge in [-0.3, -0.25) is 14.5 Å². The highest BCUT2D eigenvalue weighted by Gasteiger charge is 2.14. The zero-order valence-electron chi connectivity index (χ0n) is 19.2. The van der Waals surface area contributed by atoms with Crippen LogP contribution in [-0.2, 0) is 11.3 Å². The number of halogens is 1. The molecule has 2 amide bonds. The SMILES string of the molecule is O=C(NCCCN1CCOCC1)c1cc(COc2ccc(NC(=O)c3ccccc3F)cc2)on1. The Morgan fingerprint density at radius 2 is 1.83 bits per heavy atom. The van der Waals surface area contributed by atoms with Crippen LogP contribution in [0.4, 0.5) is 10.1 Å². The van der Waals surface area contributed by atoms with Crippen LogP contribution >= 0.6 is 0 Å². The maximum Gasteiger partial charge on any atom is 0.273 e. The lowest BCUT2D eigenvalue weighted by Crippen LogP contribution is -2.38. The highest BCUT2D eigenvalue weighted by Crippen LogP contribution is 2.18. The van der Waals surface area contributed by atoms with Crippen LogP contribution in [0.1, 0.15) is 33.0 Å². The van der Waals surface area contributed by atoms with Crippen molar-refractivity contribution in [1.82, 2.24) is 15.4 Å². The van der Waals surface area contributed by atoms with Crippen LogP contribution in [0.2, 0.25) is 0 Å². The van der Waals surface area contributed by atoms with Gasteiger partial charge in [0, 0.05) is 31.4 Å². The fraction of sp³-hybridized carbons (Fsp3) is 0.320. The summed E-state index contributed by atoms with van der Waals surface area (Å²) in [6, 6.07) is 13.9. The average Bonchev–Trinajstić information content (AvgIpc) is 3.36. The maximum atomic E-state index is 13.7. The first kappa shape index (κ1) is 24.4. The predicted molar refractivity (Wildman–Crippen MR) is 126 cm³/mol. The lowest BCUT2D eigenvalue weighted by Gasteiger charge is -2.26. The third-order valence-corrected chi connectivity index (χ3v) is 5.44. The number of morpholine rings is 1. The van der Waals surface area contributed by atoms with E-state index in [-0.39, 0.29) is 23.8 Å². The summed E-state index contributed by atoms with van der Waals surface area (Å²) in [5.41, 5.74) is 0.661. The van der Waals surface area contributed by atoms with Gasteiger partial charge in [-0.15, -0.1) is 0 Å². The Balaban J connectivity index is 1.19. The lowest BCUT2D eigenvalue weighted by atomic mass is 10.2. The van der Waals surface area contributed by atoms with Crippen LogP contribution in [0.25, 0.3) is 0 Å². The van der Waals surface area contributed by atoms with E-state index in [1.54, 1.807) is 36.4 Å². The average molecular weight is 483 g/mol. The van der Waals surface area contributed by atoms with E-state index in [4.69, 9.17) is 14.0 Å². The molecule has 0 unspecified atom stereocenters. The molecule has 0 saturated carbocycles. The second kappa shape index (κ2) is 12.1. The van der Waals surface area contributed by atoms with Crippen molar-refractivity contribution in [3.63, 3.8) is 0 Å². The monoisotopic (exact) mass is 482 g/mol. The first-order valence-corrected chi connectivity index (χ1v) is 11.4. The van der Waals surface area contributed by atoms with Crippen molar-refractivity contribution >= 4 is 17.5 Å². The third kappa shape index (κ3) is 7.11. The zero-order chi connectivity index (χ0) is 24.5. The summed E-state index contributed by atoms with van der Waals surface area (Å²) in [5, 5.41) is 9.29. The molecule has 1 saturated heterocycles. The zero-order valence-corrected chi connectivity index (χ0v) is 19.2. The Bertz CT molecular complexity index is 1130. The van der Waals surface area contributed by atoms with Gasteiger partial charge < -0.3 is 24.6 Å². The number of ether oxygens (including phenoxy) is 2. The van der Waals surface area contributed by atoms with Gasteiger partial charge in [-0.2, -0.15) is 0 Å². The van der Waals surface area contributed by atoms with Crippen molar-refractivity contribution in [3.8, 4) is 5.75 Å². The molecule has 9 nitrogen and oxygen atoms in total. The number of nitrogens with one attached hydrogen (secondary N) is 2. The molecular formula is C25H27FN4O5. The molecule has 2 N–H and O–H groups in total. The minimum atomic E-state index is -0.585. The molecule has 4 rings (SSSR count). The number of carbonyl (C=O) groups is 2. The largest absolute Gasteiger partial charge is 0.486 e. The molecule has 0 aliphatic carbocycles. The van der Waals surface area contributed by atoms with E-state index < -0.39 is 11.7 Å². The summed E-state index contributed by atoms with van der Waals surface area (Å²) >= 11 is 0. The second-order valence-electron chi connectivity index (χ2n) is 7.99. The summed E-state index contributed by atoms with van der Waals surface area (Å²) in [7, 11) is 0. The molecule has 1 aromatic heterocycles. The van der Waals surface area contributed by atoms with E-state index in [9.17, 15) is 14.0 Å². The third-order valence-electron chi connectivity index (χ3n) is 5.44. The quantitative estimate of drug-likeness (QED) is 0.428. The van der Waals surface area contributed by atoms with Crippen molar-refractivity contribution in [1.29, 1.82) is 0 Å². The fourth-order valence-electron chi connectivity index (χ4n) is 3.54. The molecule has 1 aliphatic heterocycles. The van der Waals surface area contributed by atoms with E-state index in [0.29, 0.717) is 23.7 Å². The van der Waals surface area contributed by atoms with Gasteiger partial charge in [0.1, 0.15) is 18.2 Å². The first-order chi connectivity index (χ1) is 17.1. The van der Waals surface area contributed by atoms with Crippen molar-refractivity contribution in [2.75, 3.05) is 44.7 Å². The molecule has 0 spiro atoms. The topological polar surface area (TPSA) is 106 Å². The van der Waals surface area contributed by atoms with Gasteiger partial charge in [0.05, 0.1) is 18.8 Å². The lowest BCUT2D eigenvalue weighted by molar-refractivity contribution is 0.0374. The Morgan fingerprint density at radius 3 is 2.60 bits per heavy atom. The number of carbonyl (C=O) groups excluding carboxylic acids is 2. The highest BCUT2D eigenvalue weighted by atomic mass is 19.1. The van der Waals surface area contributed by atoms with Crippen LogP contribution in [0, 0.1) is 5.82 Å². The van der Waals surface area contributed by atoms with Crippen molar-refractivity contribution in [2.45, 2.75) is 13.0 Å². The van der Waals surface area contributed by atoms with Gasteiger partial charge in [-0.1, -0.05) is 17.3 Å². The Kier molecular flexibility index (Phi) is 8.42. The van der Waals surface area contributed by atoms with Crippen LogP contribution in [-0.4, -0.2) is 61.3 Å². The van der Waals surface area contributed by atoms with Gasteiger partial charge in [-0.25, -0.2) is 4.39 Å². The molecule has 2 aromatic carbocycles. The number of rotatable bonds is 10. The Labute approximate surface area is 202 Å². The van der Waals surface area contributed by atoms with Gasteiger partial charge >= 0.3 is 0 Å². The van der Waals surface area contributed by atoms with Crippen molar-refractivity contribution < 1.29 is 28.0 Å². The van der Waals surface area contributed by atoms with Crippen LogP contribution in [0.15, 0.2) is 59.1 Å². The van der Waals surface area contributed by atoms with Gasteiger partial charge in [0.2, 0.25) is 0 Å². The summed E-state index contributed by atoms with van der Waals surface area (Å²) in [5.74, 6) is -0.486. The molecule has 35 heavy (non-hydrogen) atoms. The molecular weight excluding hydrogens is 455 g/mol. The van der Waals surface area contributed by atoms with E-state index >= 15 is 0 Å². The molecule has 3 aromatic rings. The predicted octanol–water partition coefficient (Wildman–Crippen LogP) is 3.10. The van der Waals surface area contributed by atoms with Gasteiger partial charge in [0.25, 0.3) is 11.8 Å². The number of aromatic nitrogens is 1. The first-order valence-electron chi connectivity index (χ1n) is 11.4. The fourth-order valence-corrected chi connectivity index (χ4v) is 3.54. The molecule has 0 bridgehead atoms. The van der Waals surface area contributed by atoms with E-state index in [1.807, 2.05) is 0 Å². The van der Waals surface area contributed by atoms with Crippen molar-refractivity contribution in [2.24, 2.45) is 0 Å². The van der Waals surface area contributed by atoms with E-state index in [2.05, 4.69) is 20.7 Å². The number of nitrogens with zero attached hydrogens (tertiary/aromatic N) is 2.